The van der Waals surface area contributed by atoms with Gasteiger partial charge in [0.15, 0.2) is 0 Å². The molecule has 0 spiro atoms. The Balaban J connectivity index is 3.22. The van der Waals surface area contributed by atoms with E-state index in [1.807, 2.05) is 0 Å². The molecule has 0 aromatic heterocycles. The van der Waals surface area contributed by atoms with E-state index in [9.17, 15) is 4.79 Å². The molecule has 0 fully saturated rings. The van der Waals surface area contributed by atoms with Crippen LogP contribution in [0.25, 0.3) is 0 Å². The minimum atomic E-state index is -0.284. The zero-order valence-electron chi connectivity index (χ0n) is 5.32. The summed E-state index contributed by atoms with van der Waals surface area (Å²) in [4.78, 5) is 10.6. The van der Waals surface area contributed by atoms with Gasteiger partial charge in [-0.3, -0.25) is 4.79 Å². The first-order valence-corrected chi connectivity index (χ1v) is 4.10. The van der Waals surface area contributed by atoms with Gasteiger partial charge in [0.2, 0.25) is 0 Å². The van der Waals surface area contributed by atoms with Crippen molar-refractivity contribution in [3.8, 4) is 0 Å². The molecule has 0 N–H and O–H groups in total. The number of unbranched alkanes of at least 4 members (excludes halogenated alkanes) is 1. The summed E-state index contributed by atoms with van der Waals surface area (Å²) in [5, 5.41) is 0. The van der Waals surface area contributed by atoms with Crippen molar-refractivity contribution >= 4 is 41.1 Å². The van der Waals surface area contributed by atoms with Gasteiger partial charge in [-0.15, -0.1) is 11.6 Å². The molecule has 10 heavy (non-hydrogen) atoms. The van der Waals surface area contributed by atoms with Crippen LogP contribution in [-0.2, 0) is 4.79 Å². The van der Waals surface area contributed by atoms with Crippen LogP contribution < -0.4 is 0 Å². The second-order valence-corrected chi connectivity index (χ2v) is 3.00. The van der Waals surface area contributed by atoms with E-state index in [-0.39, 0.29) is 5.91 Å². The van der Waals surface area contributed by atoms with E-state index in [0.29, 0.717) is 16.2 Å². The normalized spacial score (nSPS) is 9.50. The molecule has 0 aromatic rings. The van der Waals surface area contributed by atoms with Crippen LogP contribution in [0.1, 0.15) is 19.3 Å². The third-order valence-electron chi connectivity index (χ3n) is 0.963. The highest BCUT2D eigenvalue weighted by Crippen LogP contribution is 2.06. The Morgan fingerprint density at radius 1 is 1.30 bits per heavy atom. The van der Waals surface area contributed by atoms with Crippen LogP contribution in [0.15, 0.2) is 0 Å². The first-order chi connectivity index (χ1) is 4.68. The van der Waals surface area contributed by atoms with Gasteiger partial charge in [0.25, 0.3) is 5.91 Å². The smallest absolute Gasteiger partial charge is 0.252 e. The maximum absolute atomic E-state index is 10.6. The van der Waals surface area contributed by atoms with Crippen LogP contribution in [0, 0.1) is 0 Å². The molecule has 0 aliphatic carbocycles. The highest BCUT2D eigenvalue weighted by atomic mass is 35.5. The summed E-state index contributed by atoms with van der Waals surface area (Å²) in [5.74, 6) is 0.283. The third kappa shape index (κ3) is 5.15. The molecular formula is C5H8Cl3NO. The Bertz CT molecular complexity index is 107. The summed E-state index contributed by atoms with van der Waals surface area (Å²) in [7, 11) is 0. The molecule has 0 aliphatic rings. The van der Waals surface area contributed by atoms with Gasteiger partial charge in [0.05, 0.1) is 0 Å². The van der Waals surface area contributed by atoms with Gasteiger partial charge in [-0.25, -0.2) is 0 Å². The number of hydrogen-bond donors (Lipinski definition) is 0. The fourth-order valence-electron chi connectivity index (χ4n) is 0.455. The molecule has 0 aliphatic heterocycles. The van der Waals surface area contributed by atoms with Gasteiger partial charge in [-0.1, -0.05) is 0 Å². The predicted octanol–water partition coefficient (Wildman–Crippen LogP) is 2.53. The zero-order valence-corrected chi connectivity index (χ0v) is 7.59. The zero-order chi connectivity index (χ0) is 7.98. The SMILES string of the molecule is O=C(CCCCCl)N(Cl)Cl. The summed E-state index contributed by atoms with van der Waals surface area (Å²) >= 11 is 15.6. The second-order valence-electron chi connectivity index (χ2n) is 1.77. The van der Waals surface area contributed by atoms with Crippen LogP contribution in [0.4, 0.5) is 0 Å². The van der Waals surface area contributed by atoms with Gasteiger partial charge < -0.3 is 0 Å². The number of hydrogen-bond acceptors (Lipinski definition) is 1. The molecule has 0 radical (unpaired) electrons. The van der Waals surface area contributed by atoms with Crippen LogP contribution in [0.2, 0.25) is 0 Å². The van der Waals surface area contributed by atoms with E-state index in [0.717, 1.165) is 12.8 Å². The number of nitrogens with zero attached hydrogens (tertiary/aromatic N) is 1. The van der Waals surface area contributed by atoms with Gasteiger partial charge in [-0.2, -0.15) is 3.94 Å². The number of halogens is 3. The molecule has 0 saturated carbocycles. The minimum Gasteiger partial charge on any atom is -0.272 e. The van der Waals surface area contributed by atoms with Crippen molar-refractivity contribution in [2.45, 2.75) is 19.3 Å². The van der Waals surface area contributed by atoms with Crippen molar-refractivity contribution in [2.75, 3.05) is 5.88 Å². The lowest BCUT2D eigenvalue weighted by atomic mass is 10.2. The molecular weight excluding hydrogens is 196 g/mol. The molecule has 0 heterocycles. The third-order valence-corrected chi connectivity index (χ3v) is 1.61. The van der Waals surface area contributed by atoms with Gasteiger partial charge in [0, 0.05) is 35.9 Å². The van der Waals surface area contributed by atoms with Crippen molar-refractivity contribution in [1.29, 1.82) is 0 Å². The predicted molar refractivity (Wildman–Crippen MR) is 43.1 cm³/mol. The van der Waals surface area contributed by atoms with E-state index in [1.54, 1.807) is 0 Å². The van der Waals surface area contributed by atoms with E-state index in [4.69, 9.17) is 35.2 Å². The van der Waals surface area contributed by atoms with Crippen LogP contribution in [0.3, 0.4) is 0 Å². The highest BCUT2D eigenvalue weighted by molar-refractivity contribution is 6.41. The monoisotopic (exact) mass is 203 g/mol. The number of rotatable bonds is 4. The Kier molecular flexibility index (Phi) is 6.28. The molecule has 0 unspecified atom stereocenters. The lowest BCUT2D eigenvalue weighted by molar-refractivity contribution is -0.123. The average Bonchev–Trinajstić information content (AvgIpc) is 1.88. The van der Waals surface area contributed by atoms with E-state index >= 15 is 0 Å². The summed E-state index contributed by atoms with van der Waals surface area (Å²) in [6, 6.07) is 0. The molecule has 5 heteroatoms. The highest BCUT2D eigenvalue weighted by Gasteiger charge is 2.06. The van der Waals surface area contributed by atoms with E-state index in [1.165, 1.54) is 0 Å². The fraction of sp³-hybridized carbons (Fsp3) is 0.800. The molecule has 0 bridgehead atoms. The lowest BCUT2D eigenvalue weighted by Gasteiger charge is -2.01. The minimum absolute atomic E-state index is 0.284. The van der Waals surface area contributed by atoms with Gasteiger partial charge in [-0.05, 0) is 12.8 Å². The summed E-state index contributed by atoms with van der Waals surface area (Å²) in [6.45, 7) is 0. The van der Waals surface area contributed by atoms with Crippen LogP contribution in [-0.4, -0.2) is 15.7 Å². The summed E-state index contributed by atoms with van der Waals surface area (Å²) < 4.78 is 0.550. The number of alkyl halides is 1. The van der Waals surface area contributed by atoms with Crippen molar-refractivity contribution in [2.24, 2.45) is 0 Å². The van der Waals surface area contributed by atoms with Gasteiger partial charge >= 0.3 is 0 Å². The average molecular weight is 204 g/mol. The Morgan fingerprint density at radius 3 is 2.30 bits per heavy atom. The van der Waals surface area contributed by atoms with Crippen molar-refractivity contribution in [3.05, 3.63) is 0 Å². The number of amides is 1. The fourth-order valence-corrected chi connectivity index (χ4v) is 0.813. The molecule has 0 aromatic carbocycles. The maximum atomic E-state index is 10.6. The van der Waals surface area contributed by atoms with Gasteiger partial charge in [0.1, 0.15) is 0 Å². The molecule has 0 atom stereocenters. The summed E-state index contributed by atoms with van der Waals surface area (Å²) in [6.07, 6.45) is 1.91. The Labute approximate surface area is 75.3 Å². The topological polar surface area (TPSA) is 20.3 Å². The van der Waals surface area contributed by atoms with Crippen molar-refractivity contribution in [3.63, 3.8) is 0 Å². The van der Waals surface area contributed by atoms with E-state index < -0.39 is 0 Å². The first kappa shape index (κ1) is 10.3. The van der Waals surface area contributed by atoms with Crippen LogP contribution in [0.5, 0.6) is 0 Å². The lowest BCUT2D eigenvalue weighted by Crippen LogP contribution is -2.10. The standard InChI is InChI=1S/C5H8Cl3NO/c6-4-2-1-3-5(10)9(7)8/h1-4H2. The maximum Gasteiger partial charge on any atom is 0.252 e. The molecule has 0 saturated heterocycles. The molecule has 60 valence electrons. The Hall–Kier alpha value is 0.340. The molecule has 0 rings (SSSR count). The Morgan fingerprint density at radius 2 is 1.90 bits per heavy atom. The largest absolute Gasteiger partial charge is 0.272 e. The van der Waals surface area contributed by atoms with E-state index in [2.05, 4.69) is 0 Å². The quantitative estimate of drug-likeness (QED) is 0.391. The molecule has 1 amide bonds. The van der Waals surface area contributed by atoms with Crippen molar-refractivity contribution < 1.29 is 4.79 Å². The number of carbonyl (C=O) groups is 1. The first-order valence-electron chi connectivity index (χ1n) is 2.89. The molecule has 2 nitrogen and oxygen atoms in total. The summed E-state index contributed by atoms with van der Waals surface area (Å²) in [5.41, 5.74) is 0. The van der Waals surface area contributed by atoms with Crippen molar-refractivity contribution in [1.82, 2.24) is 3.94 Å². The van der Waals surface area contributed by atoms with Crippen LogP contribution >= 0.6 is 35.2 Å². The number of carbonyl (C=O) groups excluding carboxylic acids is 1. The second kappa shape index (κ2) is 6.08.